The third kappa shape index (κ3) is 4.72. The van der Waals surface area contributed by atoms with Crippen molar-refractivity contribution in [2.75, 3.05) is 40.5 Å². The molecule has 0 unspecified atom stereocenters. The third-order valence-corrected chi connectivity index (χ3v) is 2.83. The molecule has 0 aromatic carbocycles. The molecule has 1 rings (SSSR count). The molecule has 1 aromatic heterocycles. The van der Waals surface area contributed by atoms with Gasteiger partial charge in [-0.1, -0.05) is 0 Å². The minimum Gasteiger partial charge on any atom is -0.383 e. The molecule has 0 bridgehead atoms. The van der Waals surface area contributed by atoms with E-state index in [1.807, 2.05) is 0 Å². The van der Waals surface area contributed by atoms with E-state index < -0.39 is 0 Å². The molecule has 0 aliphatic rings. The van der Waals surface area contributed by atoms with Gasteiger partial charge in [-0.15, -0.1) is 0 Å². The number of carbonyl (C=O) groups is 1. The second-order valence-corrected chi connectivity index (χ2v) is 4.46. The first-order valence-corrected chi connectivity index (χ1v) is 6.37. The van der Waals surface area contributed by atoms with E-state index in [0.29, 0.717) is 36.5 Å². The van der Waals surface area contributed by atoms with Crippen LogP contribution in [0, 0.1) is 0 Å². The van der Waals surface area contributed by atoms with Crippen LogP contribution in [0.5, 0.6) is 0 Å². The maximum Gasteiger partial charge on any atom is 0.254 e. The first-order valence-electron chi connectivity index (χ1n) is 5.57. The molecule has 6 heteroatoms. The van der Waals surface area contributed by atoms with Gasteiger partial charge in [0.1, 0.15) is 4.60 Å². The molecule has 0 aliphatic heterocycles. The molecule has 0 saturated heterocycles. The van der Waals surface area contributed by atoms with Gasteiger partial charge in [-0.05, 0) is 28.1 Å². The monoisotopic (exact) mass is 316 g/mol. The van der Waals surface area contributed by atoms with Gasteiger partial charge in [0.2, 0.25) is 0 Å². The van der Waals surface area contributed by atoms with Crippen LogP contribution in [0.25, 0.3) is 0 Å². The van der Waals surface area contributed by atoms with E-state index in [-0.39, 0.29) is 5.91 Å². The van der Waals surface area contributed by atoms with E-state index in [9.17, 15) is 4.79 Å². The molecule has 1 aromatic rings. The van der Waals surface area contributed by atoms with Gasteiger partial charge in [-0.3, -0.25) is 4.79 Å². The SMILES string of the molecule is COCCN(CCOC)C(=O)c1ccnc(Br)c1. The lowest BCUT2D eigenvalue weighted by atomic mass is 10.2. The van der Waals surface area contributed by atoms with Crippen LogP contribution in [-0.4, -0.2) is 56.3 Å². The predicted octanol–water partition coefficient (Wildman–Crippen LogP) is 1.58. The first-order chi connectivity index (χ1) is 8.69. The van der Waals surface area contributed by atoms with Crippen LogP contribution in [0.3, 0.4) is 0 Å². The Hall–Kier alpha value is -0.980. The molecule has 100 valence electrons. The smallest absolute Gasteiger partial charge is 0.254 e. The standard InChI is InChI=1S/C12H17BrN2O3/c1-17-7-5-15(6-8-18-2)12(16)10-3-4-14-11(13)9-10/h3-4,9H,5-8H2,1-2H3. The molecule has 1 amide bonds. The number of carbonyl (C=O) groups excluding carboxylic acids is 1. The van der Waals surface area contributed by atoms with Crippen molar-refractivity contribution in [1.82, 2.24) is 9.88 Å². The minimum atomic E-state index is -0.0489. The lowest BCUT2D eigenvalue weighted by Gasteiger charge is -2.22. The van der Waals surface area contributed by atoms with Gasteiger partial charge in [0.05, 0.1) is 13.2 Å². The summed E-state index contributed by atoms with van der Waals surface area (Å²) in [5.74, 6) is -0.0489. The normalized spacial score (nSPS) is 10.4. The molecule has 0 saturated carbocycles. The zero-order valence-electron chi connectivity index (χ0n) is 10.6. The van der Waals surface area contributed by atoms with Crippen molar-refractivity contribution in [1.29, 1.82) is 0 Å². The third-order valence-electron chi connectivity index (χ3n) is 2.39. The Labute approximate surface area is 115 Å². The summed E-state index contributed by atoms with van der Waals surface area (Å²) in [6.07, 6.45) is 1.60. The fourth-order valence-corrected chi connectivity index (χ4v) is 1.80. The summed E-state index contributed by atoms with van der Waals surface area (Å²) in [7, 11) is 3.23. The van der Waals surface area contributed by atoms with Crippen LogP contribution in [0.2, 0.25) is 0 Å². The van der Waals surface area contributed by atoms with E-state index >= 15 is 0 Å². The summed E-state index contributed by atoms with van der Waals surface area (Å²) in [6.45, 7) is 2.08. The number of hydrogen-bond acceptors (Lipinski definition) is 4. The zero-order chi connectivity index (χ0) is 13.4. The zero-order valence-corrected chi connectivity index (χ0v) is 12.1. The number of aromatic nitrogens is 1. The second kappa shape index (κ2) is 8.18. The van der Waals surface area contributed by atoms with E-state index in [4.69, 9.17) is 9.47 Å². The number of amides is 1. The van der Waals surface area contributed by atoms with Gasteiger partial charge < -0.3 is 14.4 Å². The molecular formula is C12H17BrN2O3. The van der Waals surface area contributed by atoms with E-state index in [1.165, 1.54) is 0 Å². The van der Waals surface area contributed by atoms with E-state index in [1.54, 1.807) is 37.4 Å². The number of nitrogens with zero attached hydrogens (tertiary/aromatic N) is 2. The number of pyridine rings is 1. The highest BCUT2D eigenvalue weighted by molar-refractivity contribution is 9.10. The first kappa shape index (κ1) is 15.1. The van der Waals surface area contributed by atoms with Crippen LogP contribution >= 0.6 is 15.9 Å². The van der Waals surface area contributed by atoms with Crippen LogP contribution in [0.1, 0.15) is 10.4 Å². The Balaban J connectivity index is 2.73. The van der Waals surface area contributed by atoms with Crippen molar-refractivity contribution in [2.45, 2.75) is 0 Å². The summed E-state index contributed by atoms with van der Waals surface area (Å²) >= 11 is 3.25. The average molecular weight is 317 g/mol. The van der Waals surface area contributed by atoms with Crippen molar-refractivity contribution in [3.05, 3.63) is 28.5 Å². The maximum absolute atomic E-state index is 12.3. The Bertz CT molecular complexity index is 379. The van der Waals surface area contributed by atoms with Gasteiger partial charge in [-0.25, -0.2) is 4.98 Å². The summed E-state index contributed by atoms with van der Waals surface area (Å²) in [5, 5.41) is 0. The van der Waals surface area contributed by atoms with Gasteiger partial charge in [0.25, 0.3) is 5.91 Å². The predicted molar refractivity (Wildman–Crippen MR) is 71.6 cm³/mol. The largest absolute Gasteiger partial charge is 0.383 e. The Kier molecular flexibility index (Phi) is 6.85. The molecule has 0 radical (unpaired) electrons. The molecule has 1 heterocycles. The van der Waals surface area contributed by atoms with Gasteiger partial charge in [0, 0.05) is 39.1 Å². The number of methoxy groups -OCH3 is 2. The van der Waals surface area contributed by atoms with Gasteiger partial charge in [-0.2, -0.15) is 0 Å². The molecule has 0 atom stereocenters. The number of rotatable bonds is 7. The molecule has 0 fully saturated rings. The maximum atomic E-state index is 12.3. The fraction of sp³-hybridized carbons (Fsp3) is 0.500. The molecule has 0 aliphatic carbocycles. The van der Waals surface area contributed by atoms with E-state index in [2.05, 4.69) is 20.9 Å². The number of hydrogen-bond donors (Lipinski definition) is 0. The number of halogens is 1. The van der Waals surface area contributed by atoms with Crippen LogP contribution < -0.4 is 0 Å². The Morgan fingerprint density at radius 1 is 1.33 bits per heavy atom. The molecule has 0 N–H and O–H groups in total. The molecule has 5 nitrogen and oxygen atoms in total. The van der Waals surface area contributed by atoms with Crippen LogP contribution in [0.15, 0.2) is 22.9 Å². The summed E-state index contributed by atoms with van der Waals surface area (Å²) in [4.78, 5) is 18.0. The number of ether oxygens (including phenoxy) is 2. The molecule has 18 heavy (non-hydrogen) atoms. The Morgan fingerprint density at radius 3 is 2.44 bits per heavy atom. The van der Waals surface area contributed by atoms with Crippen molar-refractivity contribution in [3.8, 4) is 0 Å². The topological polar surface area (TPSA) is 51.7 Å². The lowest BCUT2D eigenvalue weighted by molar-refractivity contribution is 0.0627. The molecular weight excluding hydrogens is 300 g/mol. The highest BCUT2D eigenvalue weighted by atomic mass is 79.9. The van der Waals surface area contributed by atoms with Crippen molar-refractivity contribution in [2.24, 2.45) is 0 Å². The summed E-state index contributed by atoms with van der Waals surface area (Å²) in [6, 6.07) is 3.40. The summed E-state index contributed by atoms with van der Waals surface area (Å²) < 4.78 is 10.7. The van der Waals surface area contributed by atoms with Crippen LogP contribution in [-0.2, 0) is 9.47 Å². The average Bonchev–Trinajstić information content (AvgIpc) is 2.38. The van der Waals surface area contributed by atoms with Crippen molar-refractivity contribution < 1.29 is 14.3 Å². The van der Waals surface area contributed by atoms with Crippen molar-refractivity contribution in [3.63, 3.8) is 0 Å². The Morgan fingerprint density at radius 2 is 1.94 bits per heavy atom. The van der Waals surface area contributed by atoms with E-state index in [0.717, 1.165) is 0 Å². The fourth-order valence-electron chi connectivity index (χ4n) is 1.44. The van der Waals surface area contributed by atoms with Gasteiger partial charge >= 0.3 is 0 Å². The molecule has 0 spiro atoms. The highest BCUT2D eigenvalue weighted by Gasteiger charge is 2.15. The quantitative estimate of drug-likeness (QED) is 0.717. The van der Waals surface area contributed by atoms with Gasteiger partial charge in [0.15, 0.2) is 0 Å². The second-order valence-electron chi connectivity index (χ2n) is 3.65. The minimum absolute atomic E-state index is 0.0489. The van der Waals surface area contributed by atoms with Crippen molar-refractivity contribution >= 4 is 21.8 Å². The highest BCUT2D eigenvalue weighted by Crippen LogP contribution is 2.10. The lowest BCUT2D eigenvalue weighted by Crippen LogP contribution is -2.36. The van der Waals surface area contributed by atoms with Crippen LogP contribution in [0.4, 0.5) is 0 Å². The summed E-state index contributed by atoms with van der Waals surface area (Å²) in [5.41, 5.74) is 0.601.